The molecule has 2 rings (SSSR count). The number of carbonyl (C=O) groups excluding carboxylic acids is 1. The number of benzene rings is 1. The van der Waals surface area contributed by atoms with E-state index < -0.39 is 13.0 Å². The molecule has 2 aromatic rings. The van der Waals surface area contributed by atoms with Crippen LogP contribution in [0.2, 0.25) is 0 Å². The minimum atomic E-state index is -2.56. The molecular formula is C15H10BrF2NO2. The molecule has 1 heterocycles. The first-order valence-electron chi connectivity index (χ1n) is 5.85. The Morgan fingerprint density at radius 3 is 2.81 bits per heavy atom. The van der Waals surface area contributed by atoms with Crippen LogP contribution >= 0.6 is 15.9 Å². The molecule has 0 atom stereocenters. The van der Waals surface area contributed by atoms with Gasteiger partial charge in [-0.25, -0.2) is 8.78 Å². The predicted molar refractivity (Wildman–Crippen MR) is 79.8 cm³/mol. The molecule has 1 aromatic carbocycles. The van der Waals surface area contributed by atoms with Gasteiger partial charge in [-0.05, 0) is 34.1 Å². The molecule has 0 aliphatic carbocycles. The molecule has 1 aromatic heterocycles. The highest BCUT2D eigenvalue weighted by molar-refractivity contribution is 9.10. The second-order valence-electron chi connectivity index (χ2n) is 4.21. The summed E-state index contributed by atoms with van der Waals surface area (Å²) in [5.74, 6) is 2.07. The first kappa shape index (κ1) is 15.3. The molecule has 0 aliphatic rings. The van der Waals surface area contributed by atoms with Crippen molar-refractivity contribution in [2.45, 2.75) is 6.43 Å². The molecule has 0 saturated heterocycles. The number of fused-ring (bicyclic) bond motifs is 1. The van der Waals surface area contributed by atoms with E-state index in [4.69, 9.17) is 11.2 Å². The number of ether oxygens (including phenoxy) is 1. The van der Waals surface area contributed by atoms with Crippen molar-refractivity contribution in [3.63, 3.8) is 0 Å². The number of rotatable bonds is 5. The van der Waals surface area contributed by atoms with Crippen molar-refractivity contribution in [1.29, 1.82) is 0 Å². The number of alkyl halides is 2. The lowest BCUT2D eigenvalue weighted by Gasteiger charge is -2.07. The van der Waals surface area contributed by atoms with E-state index in [0.717, 1.165) is 0 Å². The van der Waals surface area contributed by atoms with Gasteiger partial charge in [-0.3, -0.25) is 4.79 Å². The number of hydrogen-bond donors (Lipinski definition) is 1. The van der Waals surface area contributed by atoms with Crippen molar-refractivity contribution in [1.82, 2.24) is 4.98 Å². The molecule has 0 spiro atoms. The van der Waals surface area contributed by atoms with Gasteiger partial charge >= 0.3 is 0 Å². The summed E-state index contributed by atoms with van der Waals surface area (Å²) >= 11 is 3.23. The fraction of sp³-hybridized carbons (Fsp3) is 0.133. The Balaban J connectivity index is 2.38. The average Bonchev–Trinajstić information content (AvgIpc) is 2.85. The summed E-state index contributed by atoms with van der Waals surface area (Å²) in [5, 5.41) is 0.649. The number of terminal acetylenes is 1. The largest absolute Gasteiger partial charge is 0.486 e. The van der Waals surface area contributed by atoms with Crippen molar-refractivity contribution in [3.8, 4) is 18.1 Å². The van der Waals surface area contributed by atoms with Crippen molar-refractivity contribution in [2.24, 2.45) is 0 Å². The SMILES string of the molecule is C#CC(=C)C(=O)c1cc2cc(OCC(F)F)c(Br)cc2[nH]1. The number of aromatic amines is 1. The molecule has 3 nitrogen and oxygen atoms in total. The van der Waals surface area contributed by atoms with Gasteiger partial charge in [0.2, 0.25) is 5.78 Å². The van der Waals surface area contributed by atoms with E-state index in [-0.39, 0.29) is 22.8 Å². The Bertz CT molecular complexity index is 759. The van der Waals surface area contributed by atoms with Crippen LogP contribution in [0.3, 0.4) is 0 Å². The van der Waals surface area contributed by atoms with Crippen molar-refractivity contribution < 1.29 is 18.3 Å². The maximum absolute atomic E-state index is 12.2. The Labute approximate surface area is 128 Å². The fourth-order valence-electron chi connectivity index (χ4n) is 1.75. The van der Waals surface area contributed by atoms with Crippen LogP contribution in [0.15, 0.2) is 34.8 Å². The molecule has 0 radical (unpaired) electrons. The van der Waals surface area contributed by atoms with Crippen molar-refractivity contribution in [2.75, 3.05) is 6.61 Å². The van der Waals surface area contributed by atoms with E-state index in [0.29, 0.717) is 15.4 Å². The molecular weight excluding hydrogens is 344 g/mol. The molecule has 0 fully saturated rings. The maximum Gasteiger partial charge on any atom is 0.272 e. The second-order valence-corrected chi connectivity index (χ2v) is 5.06. The highest BCUT2D eigenvalue weighted by Gasteiger charge is 2.14. The molecule has 1 N–H and O–H groups in total. The summed E-state index contributed by atoms with van der Waals surface area (Å²) in [6.07, 6.45) is 2.58. The quantitative estimate of drug-likeness (QED) is 0.502. The zero-order valence-corrected chi connectivity index (χ0v) is 12.3. The summed E-state index contributed by atoms with van der Waals surface area (Å²) in [7, 11) is 0. The van der Waals surface area contributed by atoms with E-state index in [9.17, 15) is 13.6 Å². The molecule has 0 bridgehead atoms. The van der Waals surface area contributed by atoms with Crippen LogP contribution in [-0.2, 0) is 0 Å². The summed E-state index contributed by atoms with van der Waals surface area (Å²) in [6, 6.07) is 4.78. The van der Waals surface area contributed by atoms with Crippen LogP contribution < -0.4 is 4.74 Å². The highest BCUT2D eigenvalue weighted by atomic mass is 79.9. The van der Waals surface area contributed by atoms with Gasteiger partial charge in [-0.1, -0.05) is 12.5 Å². The van der Waals surface area contributed by atoms with Gasteiger partial charge in [-0.2, -0.15) is 0 Å². The molecule has 6 heteroatoms. The second kappa shape index (κ2) is 6.10. The van der Waals surface area contributed by atoms with Gasteiger partial charge in [0.25, 0.3) is 6.43 Å². The third kappa shape index (κ3) is 3.31. The molecule has 0 amide bonds. The van der Waals surface area contributed by atoms with Gasteiger partial charge < -0.3 is 9.72 Å². The van der Waals surface area contributed by atoms with Crippen LogP contribution in [0.5, 0.6) is 5.75 Å². The van der Waals surface area contributed by atoms with E-state index in [1.165, 1.54) is 0 Å². The van der Waals surface area contributed by atoms with Gasteiger partial charge in [0, 0.05) is 10.9 Å². The monoisotopic (exact) mass is 353 g/mol. The predicted octanol–water partition coefficient (Wildman–Crippen LogP) is 3.95. The van der Waals surface area contributed by atoms with Crippen LogP contribution in [0.4, 0.5) is 8.78 Å². The number of carbonyl (C=O) groups is 1. The lowest BCUT2D eigenvalue weighted by molar-refractivity contribution is 0.0816. The fourth-order valence-corrected chi connectivity index (χ4v) is 2.21. The van der Waals surface area contributed by atoms with E-state index in [1.807, 2.05) is 0 Å². The first-order chi connectivity index (χ1) is 9.92. The summed E-state index contributed by atoms with van der Waals surface area (Å²) in [5.41, 5.74) is 0.972. The zero-order chi connectivity index (χ0) is 15.6. The van der Waals surface area contributed by atoms with Crippen molar-refractivity contribution >= 4 is 32.6 Å². The average molecular weight is 354 g/mol. The van der Waals surface area contributed by atoms with Crippen LogP contribution in [0, 0.1) is 12.3 Å². The number of H-pyrrole nitrogens is 1. The normalized spacial score (nSPS) is 10.6. The molecule has 0 saturated carbocycles. The minimum Gasteiger partial charge on any atom is -0.486 e. The number of hydrogen-bond acceptors (Lipinski definition) is 2. The standard InChI is InChI=1S/C15H10BrF2NO2/c1-3-8(2)15(20)12-4-9-5-13(21-7-14(17)18)10(16)6-11(9)19-12/h1,4-6,14,19H,2,7H2. The Morgan fingerprint density at radius 2 is 2.19 bits per heavy atom. The Hall–Kier alpha value is -2.13. The number of allylic oxidation sites excluding steroid dienone is 1. The molecule has 21 heavy (non-hydrogen) atoms. The number of ketones is 1. The third-order valence-corrected chi connectivity index (χ3v) is 3.35. The first-order valence-corrected chi connectivity index (χ1v) is 6.65. The summed E-state index contributed by atoms with van der Waals surface area (Å²) < 4.78 is 29.9. The van der Waals surface area contributed by atoms with Gasteiger partial charge in [-0.15, -0.1) is 6.42 Å². The van der Waals surface area contributed by atoms with Crippen molar-refractivity contribution in [3.05, 3.63) is 40.5 Å². The number of halogens is 3. The Kier molecular flexibility index (Phi) is 4.43. The lowest BCUT2D eigenvalue weighted by Crippen LogP contribution is -2.07. The maximum atomic E-state index is 12.2. The third-order valence-electron chi connectivity index (χ3n) is 2.73. The molecule has 0 unspecified atom stereocenters. The number of nitrogens with one attached hydrogen (secondary N) is 1. The smallest absolute Gasteiger partial charge is 0.272 e. The van der Waals surface area contributed by atoms with E-state index in [2.05, 4.69) is 33.4 Å². The van der Waals surface area contributed by atoms with E-state index >= 15 is 0 Å². The van der Waals surface area contributed by atoms with Crippen LogP contribution in [-0.4, -0.2) is 23.8 Å². The minimum absolute atomic E-state index is 0.0368. The lowest BCUT2D eigenvalue weighted by atomic mass is 10.1. The van der Waals surface area contributed by atoms with E-state index in [1.54, 1.807) is 18.2 Å². The number of aromatic nitrogens is 1. The Morgan fingerprint density at radius 1 is 1.48 bits per heavy atom. The van der Waals surface area contributed by atoms with Gasteiger partial charge in [0.1, 0.15) is 12.4 Å². The topological polar surface area (TPSA) is 42.1 Å². The van der Waals surface area contributed by atoms with Gasteiger partial charge in [0.15, 0.2) is 0 Å². The number of Topliss-reactive ketones (excluding diaryl/α,β-unsaturated/α-hetero) is 1. The zero-order valence-electron chi connectivity index (χ0n) is 10.8. The molecule has 108 valence electrons. The summed E-state index contributed by atoms with van der Waals surface area (Å²) in [6.45, 7) is 2.78. The van der Waals surface area contributed by atoms with Crippen LogP contribution in [0.25, 0.3) is 10.9 Å². The highest BCUT2D eigenvalue weighted by Crippen LogP contribution is 2.31. The van der Waals surface area contributed by atoms with Crippen LogP contribution in [0.1, 0.15) is 10.5 Å². The summed E-state index contributed by atoms with van der Waals surface area (Å²) in [4.78, 5) is 14.8. The van der Waals surface area contributed by atoms with Gasteiger partial charge in [0.05, 0.1) is 15.7 Å². The molecule has 0 aliphatic heterocycles.